The van der Waals surface area contributed by atoms with Crippen LogP contribution in [0.25, 0.3) is 10.2 Å². The van der Waals surface area contributed by atoms with Gasteiger partial charge in [0.15, 0.2) is 0 Å². The molecule has 3 heterocycles. The number of carbonyl (C=O) groups is 1. The highest BCUT2D eigenvalue weighted by molar-refractivity contribution is 7.17. The Balaban J connectivity index is 1.70. The first-order valence-corrected chi connectivity index (χ1v) is 9.61. The quantitative estimate of drug-likeness (QED) is 0.545. The number of nitrogens with one attached hydrogen (secondary N) is 1. The average molecular weight is 413 g/mol. The number of furan rings is 1. The number of aromatic nitrogens is 2. The van der Waals surface area contributed by atoms with Crippen molar-refractivity contribution in [1.29, 1.82) is 0 Å². The van der Waals surface area contributed by atoms with E-state index in [9.17, 15) is 18.8 Å². The predicted molar refractivity (Wildman–Crippen MR) is 108 cm³/mol. The second-order valence-corrected chi connectivity index (χ2v) is 7.40. The lowest BCUT2D eigenvalue weighted by Gasteiger charge is -2.12. The summed E-state index contributed by atoms with van der Waals surface area (Å²) in [4.78, 5) is 38.2. The second kappa shape index (κ2) is 7.51. The number of anilines is 1. The van der Waals surface area contributed by atoms with Gasteiger partial charge in [-0.25, -0.2) is 9.18 Å². The van der Waals surface area contributed by atoms with Crippen molar-refractivity contribution in [1.82, 2.24) is 9.13 Å². The summed E-state index contributed by atoms with van der Waals surface area (Å²) in [5.74, 6) is -0.379. The van der Waals surface area contributed by atoms with Gasteiger partial charge in [0, 0.05) is 5.69 Å². The van der Waals surface area contributed by atoms with Crippen LogP contribution < -0.4 is 16.6 Å². The smallest absolute Gasteiger partial charge is 0.332 e. The molecule has 0 bridgehead atoms. The summed E-state index contributed by atoms with van der Waals surface area (Å²) in [6, 6.07) is 9.18. The van der Waals surface area contributed by atoms with Crippen molar-refractivity contribution in [3.8, 4) is 0 Å². The molecule has 0 saturated carbocycles. The molecule has 148 valence electrons. The normalized spacial score (nSPS) is 11.1. The van der Waals surface area contributed by atoms with Gasteiger partial charge in [-0.05, 0) is 54.3 Å². The SMILES string of the molecule is Cc1cc(NC(=O)Cn2c(=O)n(Cc3ccco3)c(=O)c3sccc32)ccc1F. The van der Waals surface area contributed by atoms with Crippen LogP contribution in [0.15, 0.2) is 62.0 Å². The van der Waals surface area contributed by atoms with Crippen LogP contribution in [0.5, 0.6) is 0 Å². The number of hydrogen-bond acceptors (Lipinski definition) is 5. The first-order chi connectivity index (χ1) is 13.9. The summed E-state index contributed by atoms with van der Waals surface area (Å²) in [5.41, 5.74) is 0.177. The Morgan fingerprint density at radius 2 is 2.03 bits per heavy atom. The van der Waals surface area contributed by atoms with E-state index in [0.717, 1.165) is 4.57 Å². The monoisotopic (exact) mass is 413 g/mol. The van der Waals surface area contributed by atoms with Crippen LogP contribution in [0.1, 0.15) is 11.3 Å². The van der Waals surface area contributed by atoms with Gasteiger partial charge >= 0.3 is 5.69 Å². The van der Waals surface area contributed by atoms with Crippen molar-refractivity contribution >= 4 is 33.1 Å². The molecule has 0 aliphatic rings. The van der Waals surface area contributed by atoms with E-state index in [1.54, 1.807) is 30.5 Å². The van der Waals surface area contributed by atoms with Crippen molar-refractivity contribution in [3.63, 3.8) is 0 Å². The lowest BCUT2D eigenvalue weighted by molar-refractivity contribution is -0.116. The number of thiophene rings is 1. The minimum absolute atomic E-state index is 0.0305. The summed E-state index contributed by atoms with van der Waals surface area (Å²) in [5, 5.41) is 4.35. The molecule has 7 nitrogen and oxygen atoms in total. The Morgan fingerprint density at radius 1 is 1.21 bits per heavy atom. The molecule has 0 radical (unpaired) electrons. The molecule has 0 spiro atoms. The fourth-order valence-electron chi connectivity index (χ4n) is 3.05. The van der Waals surface area contributed by atoms with Crippen LogP contribution >= 0.6 is 11.3 Å². The zero-order chi connectivity index (χ0) is 20.5. The Bertz CT molecular complexity index is 1320. The standard InChI is InChI=1S/C20H16FN3O4S/c1-12-9-13(4-5-15(12)21)22-17(25)11-23-16-6-8-29-18(16)19(26)24(20(23)27)10-14-3-2-7-28-14/h2-9H,10-11H2,1H3,(H,22,25). The number of amides is 1. The van der Waals surface area contributed by atoms with Gasteiger partial charge in [-0.15, -0.1) is 11.3 Å². The molecule has 0 atom stereocenters. The van der Waals surface area contributed by atoms with Crippen LogP contribution in [0.2, 0.25) is 0 Å². The van der Waals surface area contributed by atoms with Gasteiger partial charge in [0.05, 0.1) is 18.3 Å². The lowest BCUT2D eigenvalue weighted by atomic mass is 10.2. The first kappa shape index (κ1) is 18.9. The average Bonchev–Trinajstić information content (AvgIpc) is 3.37. The van der Waals surface area contributed by atoms with Gasteiger partial charge in [0.2, 0.25) is 5.91 Å². The van der Waals surface area contributed by atoms with Gasteiger partial charge in [-0.3, -0.25) is 18.7 Å². The van der Waals surface area contributed by atoms with E-state index in [-0.39, 0.29) is 18.9 Å². The number of aryl methyl sites for hydroxylation is 1. The molecular weight excluding hydrogens is 397 g/mol. The van der Waals surface area contributed by atoms with E-state index in [1.165, 1.54) is 40.4 Å². The summed E-state index contributed by atoms with van der Waals surface area (Å²) >= 11 is 1.20. The van der Waals surface area contributed by atoms with Crippen molar-refractivity contribution in [2.24, 2.45) is 0 Å². The number of fused-ring (bicyclic) bond motifs is 1. The fraction of sp³-hybridized carbons (Fsp3) is 0.150. The van der Waals surface area contributed by atoms with Gasteiger partial charge < -0.3 is 9.73 Å². The molecule has 0 fully saturated rings. The molecule has 1 amide bonds. The fourth-order valence-corrected chi connectivity index (χ4v) is 3.89. The third-order valence-electron chi connectivity index (χ3n) is 4.47. The van der Waals surface area contributed by atoms with Gasteiger partial charge in [-0.2, -0.15) is 0 Å². The van der Waals surface area contributed by atoms with Crippen LogP contribution in [0.4, 0.5) is 10.1 Å². The molecule has 4 aromatic rings. The van der Waals surface area contributed by atoms with Crippen LogP contribution in [-0.2, 0) is 17.9 Å². The van der Waals surface area contributed by atoms with Gasteiger partial charge in [0.25, 0.3) is 5.56 Å². The molecule has 4 rings (SSSR count). The molecule has 29 heavy (non-hydrogen) atoms. The molecule has 0 unspecified atom stereocenters. The lowest BCUT2D eigenvalue weighted by Crippen LogP contribution is -2.41. The summed E-state index contributed by atoms with van der Waals surface area (Å²) in [7, 11) is 0. The highest BCUT2D eigenvalue weighted by Crippen LogP contribution is 2.17. The Hall–Kier alpha value is -3.46. The van der Waals surface area contributed by atoms with E-state index < -0.39 is 17.2 Å². The van der Waals surface area contributed by atoms with E-state index in [4.69, 9.17) is 4.42 Å². The summed E-state index contributed by atoms with van der Waals surface area (Å²) in [6.07, 6.45) is 1.46. The number of hydrogen-bond donors (Lipinski definition) is 1. The minimum atomic E-state index is -0.609. The van der Waals surface area contributed by atoms with E-state index >= 15 is 0 Å². The van der Waals surface area contributed by atoms with Crippen LogP contribution in [-0.4, -0.2) is 15.0 Å². The Labute approximate surface area is 167 Å². The summed E-state index contributed by atoms with van der Waals surface area (Å²) < 4.78 is 21.3. The van der Waals surface area contributed by atoms with Crippen molar-refractivity contribution in [2.45, 2.75) is 20.0 Å². The van der Waals surface area contributed by atoms with E-state index in [0.29, 0.717) is 27.2 Å². The maximum Gasteiger partial charge on any atom is 0.332 e. The van der Waals surface area contributed by atoms with Gasteiger partial charge in [-0.1, -0.05) is 0 Å². The van der Waals surface area contributed by atoms with E-state index in [2.05, 4.69) is 5.32 Å². The third-order valence-corrected chi connectivity index (χ3v) is 5.37. The molecule has 9 heteroatoms. The van der Waals surface area contributed by atoms with Crippen molar-refractivity contribution < 1.29 is 13.6 Å². The molecule has 0 aliphatic carbocycles. The second-order valence-electron chi connectivity index (χ2n) is 6.49. The number of rotatable bonds is 5. The predicted octanol–water partition coefficient (Wildman–Crippen LogP) is 2.95. The maximum absolute atomic E-state index is 13.4. The Morgan fingerprint density at radius 3 is 2.76 bits per heavy atom. The number of carbonyl (C=O) groups excluding carboxylic acids is 1. The van der Waals surface area contributed by atoms with Crippen molar-refractivity contribution in [3.05, 3.63) is 86.0 Å². The highest BCUT2D eigenvalue weighted by atomic mass is 32.1. The topological polar surface area (TPSA) is 86.2 Å². The zero-order valence-electron chi connectivity index (χ0n) is 15.3. The van der Waals surface area contributed by atoms with Crippen LogP contribution in [0.3, 0.4) is 0 Å². The number of nitrogens with zero attached hydrogens (tertiary/aromatic N) is 2. The molecular formula is C20H16FN3O4S. The van der Waals surface area contributed by atoms with E-state index in [1.807, 2.05) is 0 Å². The largest absolute Gasteiger partial charge is 0.467 e. The minimum Gasteiger partial charge on any atom is -0.467 e. The molecule has 1 aromatic carbocycles. The van der Waals surface area contributed by atoms with Crippen LogP contribution in [0, 0.1) is 12.7 Å². The first-order valence-electron chi connectivity index (χ1n) is 8.73. The third kappa shape index (κ3) is 3.64. The molecule has 1 N–H and O–H groups in total. The molecule has 0 aliphatic heterocycles. The summed E-state index contributed by atoms with van der Waals surface area (Å²) in [6.45, 7) is 1.27. The van der Waals surface area contributed by atoms with Crippen molar-refractivity contribution in [2.75, 3.05) is 5.32 Å². The molecule has 3 aromatic heterocycles. The molecule has 0 saturated heterocycles. The number of benzene rings is 1. The zero-order valence-corrected chi connectivity index (χ0v) is 16.2. The maximum atomic E-state index is 13.4. The Kier molecular flexibility index (Phi) is 4.89. The highest BCUT2D eigenvalue weighted by Gasteiger charge is 2.17. The number of halogens is 1. The van der Waals surface area contributed by atoms with Gasteiger partial charge in [0.1, 0.15) is 22.8 Å².